The lowest BCUT2D eigenvalue weighted by Gasteiger charge is -2.38. The van der Waals surface area contributed by atoms with Crippen molar-refractivity contribution in [3.8, 4) is 0 Å². The second-order valence-electron chi connectivity index (χ2n) is 7.99. The van der Waals surface area contributed by atoms with E-state index in [2.05, 4.69) is 23.8 Å². The topological polar surface area (TPSA) is 32.5 Å². The predicted octanol–water partition coefficient (Wildman–Crippen LogP) is 2.70. The summed E-state index contributed by atoms with van der Waals surface area (Å²) in [5.41, 5.74) is 6.46. The molecule has 2 N–H and O–H groups in total. The van der Waals surface area contributed by atoms with Gasteiger partial charge in [0.1, 0.15) is 0 Å². The van der Waals surface area contributed by atoms with Crippen LogP contribution < -0.4 is 5.73 Å². The quantitative estimate of drug-likeness (QED) is 0.865. The molecule has 5 unspecified atom stereocenters. The fourth-order valence-electron chi connectivity index (χ4n) is 5.14. The van der Waals surface area contributed by atoms with Gasteiger partial charge in [-0.2, -0.15) is 0 Å². The largest absolute Gasteiger partial charge is 0.327 e. The molecule has 5 atom stereocenters. The van der Waals surface area contributed by atoms with Crippen molar-refractivity contribution in [1.29, 1.82) is 0 Å². The van der Waals surface area contributed by atoms with Crippen LogP contribution in [-0.2, 0) is 0 Å². The Bertz CT molecular complexity index is 332. The van der Waals surface area contributed by atoms with E-state index in [0.717, 1.165) is 23.9 Å². The second kappa shape index (κ2) is 6.97. The van der Waals surface area contributed by atoms with Crippen molar-refractivity contribution in [2.75, 3.05) is 26.7 Å². The minimum Gasteiger partial charge on any atom is -0.327 e. The average Bonchev–Trinajstić information content (AvgIpc) is 2.71. The van der Waals surface area contributed by atoms with E-state index in [4.69, 9.17) is 5.73 Å². The smallest absolute Gasteiger partial charge is 0.0223 e. The van der Waals surface area contributed by atoms with Gasteiger partial charge in [0.15, 0.2) is 0 Å². The van der Waals surface area contributed by atoms with Gasteiger partial charge in [0.25, 0.3) is 0 Å². The molecule has 122 valence electrons. The molecule has 3 rings (SSSR count). The third-order valence-corrected chi connectivity index (χ3v) is 6.57. The molecule has 2 aliphatic heterocycles. The van der Waals surface area contributed by atoms with Gasteiger partial charge in [-0.3, -0.25) is 4.90 Å². The number of likely N-dealkylation sites (N-methyl/N-ethyl adjacent to an activating group) is 1. The molecule has 1 saturated carbocycles. The second-order valence-corrected chi connectivity index (χ2v) is 7.99. The summed E-state index contributed by atoms with van der Waals surface area (Å²) in [5, 5.41) is 0. The van der Waals surface area contributed by atoms with Gasteiger partial charge in [-0.05, 0) is 64.0 Å². The molecule has 2 saturated heterocycles. The Labute approximate surface area is 131 Å². The highest BCUT2D eigenvalue weighted by Crippen LogP contribution is 2.33. The normalized spacial score (nSPS) is 42.1. The lowest BCUT2D eigenvalue weighted by molar-refractivity contribution is 0.142. The van der Waals surface area contributed by atoms with E-state index in [0.29, 0.717) is 6.04 Å². The molecule has 3 heteroatoms. The first-order chi connectivity index (χ1) is 10.2. The molecular weight excluding hydrogens is 258 g/mol. The lowest BCUT2D eigenvalue weighted by atomic mass is 9.76. The summed E-state index contributed by atoms with van der Waals surface area (Å²) >= 11 is 0. The Kier molecular flexibility index (Phi) is 5.23. The van der Waals surface area contributed by atoms with Crippen molar-refractivity contribution in [1.82, 2.24) is 9.80 Å². The Balaban J connectivity index is 1.55. The molecule has 0 radical (unpaired) electrons. The van der Waals surface area contributed by atoms with E-state index >= 15 is 0 Å². The van der Waals surface area contributed by atoms with Crippen LogP contribution in [0.25, 0.3) is 0 Å². The average molecular weight is 293 g/mol. The van der Waals surface area contributed by atoms with Crippen molar-refractivity contribution in [3.63, 3.8) is 0 Å². The number of hydrogen-bond donors (Lipinski definition) is 1. The first kappa shape index (κ1) is 15.8. The van der Waals surface area contributed by atoms with Crippen LogP contribution in [0.2, 0.25) is 0 Å². The summed E-state index contributed by atoms with van der Waals surface area (Å²) in [4.78, 5) is 5.40. The van der Waals surface area contributed by atoms with Gasteiger partial charge in [0.2, 0.25) is 0 Å². The van der Waals surface area contributed by atoms with Gasteiger partial charge in [-0.25, -0.2) is 0 Å². The molecule has 0 aromatic heterocycles. The Morgan fingerprint density at radius 1 is 1.05 bits per heavy atom. The number of likely N-dealkylation sites (tertiary alicyclic amines) is 1. The van der Waals surface area contributed by atoms with E-state index in [1.165, 1.54) is 71.0 Å². The summed E-state index contributed by atoms with van der Waals surface area (Å²) in [6.45, 7) is 6.17. The highest BCUT2D eigenvalue weighted by Gasteiger charge is 2.36. The summed E-state index contributed by atoms with van der Waals surface area (Å²) in [7, 11) is 2.34. The van der Waals surface area contributed by atoms with Crippen LogP contribution >= 0.6 is 0 Å². The summed E-state index contributed by atoms with van der Waals surface area (Å²) in [5.74, 6) is 1.70. The zero-order valence-corrected chi connectivity index (χ0v) is 14.1. The van der Waals surface area contributed by atoms with Gasteiger partial charge >= 0.3 is 0 Å². The Hall–Kier alpha value is -0.120. The maximum atomic E-state index is 6.46. The van der Waals surface area contributed by atoms with Crippen molar-refractivity contribution < 1.29 is 0 Å². The van der Waals surface area contributed by atoms with Crippen LogP contribution in [0, 0.1) is 11.8 Å². The molecule has 3 nitrogen and oxygen atoms in total. The zero-order valence-electron chi connectivity index (χ0n) is 14.1. The number of nitrogens with two attached hydrogens (primary N) is 1. The number of fused-ring (bicyclic) bond motifs is 2. The summed E-state index contributed by atoms with van der Waals surface area (Å²) in [6, 6.07) is 2.12. The lowest BCUT2D eigenvalue weighted by Crippen LogP contribution is -2.45. The van der Waals surface area contributed by atoms with Gasteiger partial charge in [0, 0.05) is 31.2 Å². The minimum absolute atomic E-state index is 0.455. The molecule has 2 heterocycles. The first-order valence-electron chi connectivity index (χ1n) is 9.37. The van der Waals surface area contributed by atoms with E-state index in [9.17, 15) is 0 Å². The Morgan fingerprint density at radius 2 is 1.86 bits per heavy atom. The van der Waals surface area contributed by atoms with E-state index < -0.39 is 0 Å². The van der Waals surface area contributed by atoms with E-state index in [-0.39, 0.29) is 0 Å². The predicted molar refractivity (Wildman–Crippen MR) is 89.3 cm³/mol. The fraction of sp³-hybridized carbons (Fsp3) is 1.00. The van der Waals surface area contributed by atoms with Gasteiger partial charge in [-0.15, -0.1) is 0 Å². The SMILES string of the molecule is CCCC1CCC(N)C(CN2CCC3CCC(C2)N3C)C1. The van der Waals surface area contributed by atoms with E-state index in [1.807, 2.05) is 0 Å². The van der Waals surface area contributed by atoms with Crippen LogP contribution in [0.5, 0.6) is 0 Å². The highest BCUT2D eigenvalue weighted by molar-refractivity contribution is 4.92. The van der Waals surface area contributed by atoms with Crippen LogP contribution in [0.3, 0.4) is 0 Å². The van der Waals surface area contributed by atoms with Crippen molar-refractivity contribution >= 4 is 0 Å². The van der Waals surface area contributed by atoms with Gasteiger partial charge in [0.05, 0.1) is 0 Å². The third-order valence-electron chi connectivity index (χ3n) is 6.57. The van der Waals surface area contributed by atoms with Crippen LogP contribution in [0.4, 0.5) is 0 Å². The van der Waals surface area contributed by atoms with Gasteiger partial charge in [-0.1, -0.05) is 19.8 Å². The van der Waals surface area contributed by atoms with Crippen LogP contribution in [-0.4, -0.2) is 54.6 Å². The standard InChI is InChI=1S/C18H35N3/c1-3-4-14-5-8-18(19)15(11-14)12-21-10-9-16-6-7-17(13-21)20(16)2/h14-18H,3-13,19H2,1-2H3. The monoisotopic (exact) mass is 293 g/mol. The summed E-state index contributed by atoms with van der Waals surface area (Å²) in [6.07, 6.45) is 11.0. The third kappa shape index (κ3) is 3.62. The minimum atomic E-state index is 0.455. The van der Waals surface area contributed by atoms with Crippen LogP contribution in [0.1, 0.15) is 58.3 Å². The molecule has 3 aliphatic rings. The highest BCUT2D eigenvalue weighted by atomic mass is 15.3. The van der Waals surface area contributed by atoms with E-state index in [1.54, 1.807) is 0 Å². The van der Waals surface area contributed by atoms with Crippen molar-refractivity contribution in [2.24, 2.45) is 17.6 Å². The zero-order chi connectivity index (χ0) is 14.8. The molecule has 0 aromatic rings. The maximum Gasteiger partial charge on any atom is 0.0223 e. The fourth-order valence-corrected chi connectivity index (χ4v) is 5.14. The molecule has 0 amide bonds. The molecule has 3 fully saturated rings. The molecule has 2 bridgehead atoms. The molecule has 1 aliphatic carbocycles. The molecular formula is C18H35N3. The molecule has 0 spiro atoms. The first-order valence-corrected chi connectivity index (χ1v) is 9.37. The summed E-state index contributed by atoms with van der Waals surface area (Å²) < 4.78 is 0. The van der Waals surface area contributed by atoms with Crippen molar-refractivity contribution in [3.05, 3.63) is 0 Å². The number of nitrogens with zero attached hydrogens (tertiary/aromatic N) is 2. The molecule has 21 heavy (non-hydrogen) atoms. The Morgan fingerprint density at radius 3 is 2.67 bits per heavy atom. The number of hydrogen-bond acceptors (Lipinski definition) is 3. The molecule has 0 aromatic carbocycles. The maximum absolute atomic E-state index is 6.46. The number of rotatable bonds is 4. The van der Waals surface area contributed by atoms with Crippen LogP contribution in [0.15, 0.2) is 0 Å². The van der Waals surface area contributed by atoms with Gasteiger partial charge < -0.3 is 10.6 Å². The van der Waals surface area contributed by atoms with Crippen molar-refractivity contribution in [2.45, 2.75) is 76.4 Å².